The Kier molecular flexibility index (Phi) is 4.48. The van der Waals surface area contributed by atoms with Crippen LogP contribution in [0.1, 0.15) is 17.5 Å². The number of benzene rings is 2. The van der Waals surface area contributed by atoms with Gasteiger partial charge in [-0.25, -0.2) is 9.18 Å². The molecule has 32 heavy (non-hydrogen) atoms. The largest absolute Gasteiger partial charge is 0.508 e. The molecule has 4 aromatic rings. The van der Waals surface area contributed by atoms with Gasteiger partial charge in [0.25, 0.3) is 0 Å². The Morgan fingerprint density at radius 3 is 2.69 bits per heavy atom. The molecule has 0 saturated carbocycles. The lowest BCUT2D eigenvalue weighted by molar-refractivity contribution is 0.380. The van der Waals surface area contributed by atoms with Crippen molar-refractivity contribution in [3.63, 3.8) is 0 Å². The molecule has 0 amide bonds. The van der Waals surface area contributed by atoms with Gasteiger partial charge in [-0.15, -0.1) is 6.42 Å². The third kappa shape index (κ3) is 2.86. The number of aromatic nitrogens is 2. The SMILES string of the molecule is C#Cc1c(F)ccc2cc(O)cc(-c3oc(=O)c4c(N5CCC5)nc(OC)nc4c3C)c12. The van der Waals surface area contributed by atoms with Crippen LogP contribution < -0.4 is 15.3 Å². The zero-order valence-corrected chi connectivity index (χ0v) is 17.4. The molecule has 2 aromatic heterocycles. The van der Waals surface area contributed by atoms with Crippen LogP contribution in [-0.4, -0.2) is 35.3 Å². The van der Waals surface area contributed by atoms with Crippen molar-refractivity contribution in [1.82, 2.24) is 9.97 Å². The number of phenolic OH excluding ortho intramolecular Hbond substituents is 1. The molecule has 1 N–H and O–H groups in total. The molecule has 7 nitrogen and oxygen atoms in total. The van der Waals surface area contributed by atoms with Gasteiger partial charge in [0.05, 0.1) is 18.2 Å². The molecule has 0 aliphatic carbocycles. The van der Waals surface area contributed by atoms with E-state index in [2.05, 4.69) is 15.9 Å². The lowest BCUT2D eigenvalue weighted by atomic mass is 9.95. The maximum Gasteiger partial charge on any atom is 0.349 e. The van der Waals surface area contributed by atoms with Crippen LogP contribution in [0.5, 0.6) is 11.8 Å². The number of ether oxygens (including phenoxy) is 1. The Morgan fingerprint density at radius 1 is 1.25 bits per heavy atom. The van der Waals surface area contributed by atoms with E-state index in [4.69, 9.17) is 15.6 Å². The predicted molar refractivity (Wildman–Crippen MR) is 119 cm³/mol. The number of rotatable bonds is 3. The predicted octanol–water partition coefficient (Wildman–Crippen LogP) is 3.76. The molecule has 1 saturated heterocycles. The first-order chi connectivity index (χ1) is 15.4. The van der Waals surface area contributed by atoms with Gasteiger partial charge in [-0.1, -0.05) is 12.0 Å². The van der Waals surface area contributed by atoms with Crippen LogP contribution >= 0.6 is 0 Å². The van der Waals surface area contributed by atoms with Gasteiger partial charge in [-0.3, -0.25) is 0 Å². The average molecular weight is 431 g/mol. The Labute approximate surface area is 182 Å². The molecule has 1 aliphatic heterocycles. The molecule has 0 bridgehead atoms. The first-order valence-electron chi connectivity index (χ1n) is 9.99. The van der Waals surface area contributed by atoms with E-state index >= 15 is 0 Å². The summed E-state index contributed by atoms with van der Waals surface area (Å²) in [6.07, 6.45) is 6.58. The summed E-state index contributed by atoms with van der Waals surface area (Å²) >= 11 is 0. The highest BCUT2D eigenvalue weighted by Gasteiger charge is 2.26. The first-order valence-corrected chi connectivity index (χ1v) is 9.99. The van der Waals surface area contributed by atoms with Crippen molar-refractivity contribution in [2.75, 3.05) is 25.1 Å². The van der Waals surface area contributed by atoms with Crippen LogP contribution in [-0.2, 0) is 0 Å². The molecule has 160 valence electrons. The Hall–Kier alpha value is -4.12. The van der Waals surface area contributed by atoms with Crippen molar-refractivity contribution in [3.05, 3.63) is 51.6 Å². The zero-order valence-electron chi connectivity index (χ0n) is 17.4. The number of terminal acetylenes is 1. The monoisotopic (exact) mass is 431 g/mol. The molecule has 1 aliphatic rings. The smallest absolute Gasteiger partial charge is 0.349 e. The van der Waals surface area contributed by atoms with Crippen LogP contribution in [0.2, 0.25) is 0 Å². The van der Waals surface area contributed by atoms with E-state index in [1.807, 2.05) is 4.90 Å². The van der Waals surface area contributed by atoms with Crippen LogP contribution in [0, 0.1) is 25.1 Å². The van der Waals surface area contributed by atoms with Gasteiger partial charge < -0.3 is 19.2 Å². The van der Waals surface area contributed by atoms with Gasteiger partial charge in [0.2, 0.25) is 0 Å². The quantitative estimate of drug-likeness (QED) is 0.494. The van der Waals surface area contributed by atoms with Crippen LogP contribution in [0.4, 0.5) is 10.2 Å². The summed E-state index contributed by atoms with van der Waals surface area (Å²) < 4.78 is 25.5. The molecule has 1 fully saturated rings. The lowest BCUT2D eigenvalue weighted by Crippen LogP contribution is -2.38. The Morgan fingerprint density at radius 2 is 2.03 bits per heavy atom. The van der Waals surface area contributed by atoms with E-state index in [9.17, 15) is 14.3 Å². The summed E-state index contributed by atoms with van der Waals surface area (Å²) in [5, 5.41) is 11.4. The summed E-state index contributed by atoms with van der Waals surface area (Å²) in [6.45, 7) is 3.26. The number of halogens is 1. The number of nitrogens with zero attached hydrogens (tertiary/aromatic N) is 3. The highest BCUT2D eigenvalue weighted by atomic mass is 19.1. The third-order valence-corrected chi connectivity index (χ3v) is 5.74. The number of phenols is 1. The summed E-state index contributed by atoms with van der Waals surface area (Å²) in [5.74, 6) is 2.30. The first kappa shape index (κ1) is 19.8. The third-order valence-electron chi connectivity index (χ3n) is 5.74. The van der Waals surface area contributed by atoms with E-state index in [1.165, 1.54) is 31.4 Å². The van der Waals surface area contributed by atoms with Crippen LogP contribution in [0.3, 0.4) is 0 Å². The number of hydrogen-bond donors (Lipinski definition) is 1. The molecule has 2 aromatic carbocycles. The fraction of sp³-hybridized carbons (Fsp3) is 0.208. The van der Waals surface area contributed by atoms with E-state index < -0.39 is 11.4 Å². The molecular weight excluding hydrogens is 413 g/mol. The number of fused-ring (bicyclic) bond motifs is 2. The fourth-order valence-corrected chi connectivity index (χ4v) is 4.07. The standard InChI is InChI=1S/C24H18FN3O4/c1-4-15-17(25)7-6-13-10-14(29)11-16(18(13)15)21-12(2)20-19(23(30)32-21)22(28-8-5-9-28)27-24(26-20)31-3/h1,6-7,10-11,29H,5,8-9H2,2-3H3. The van der Waals surface area contributed by atoms with Crippen LogP contribution in [0.25, 0.3) is 33.0 Å². The topological polar surface area (TPSA) is 88.7 Å². The van der Waals surface area contributed by atoms with Crippen molar-refractivity contribution >= 4 is 27.5 Å². The van der Waals surface area contributed by atoms with E-state index in [0.29, 0.717) is 33.2 Å². The zero-order chi connectivity index (χ0) is 22.6. The molecular formula is C24H18FN3O4. The van der Waals surface area contributed by atoms with E-state index in [0.717, 1.165) is 19.5 Å². The van der Waals surface area contributed by atoms with Crippen molar-refractivity contribution in [3.8, 4) is 35.4 Å². The molecule has 0 spiro atoms. The number of aryl methyl sites for hydroxylation is 1. The second kappa shape index (κ2) is 7.24. The van der Waals surface area contributed by atoms with Crippen LogP contribution in [0.15, 0.2) is 33.5 Å². The maximum atomic E-state index is 14.5. The lowest BCUT2D eigenvalue weighted by Gasteiger charge is -2.32. The van der Waals surface area contributed by atoms with Gasteiger partial charge in [-0.05, 0) is 36.9 Å². The molecule has 8 heteroatoms. The van der Waals surface area contributed by atoms with Gasteiger partial charge >= 0.3 is 11.6 Å². The van der Waals surface area contributed by atoms with Crippen molar-refractivity contribution in [2.24, 2.45) is 0 Å². The van der Waals surface area contributed by atoms with Gasteiger partial charge in [0.15, 0.2) is 5.82 Å². The van der Waals surface area contributed by atoms with Crippen molar-refractivity contribution < 1.29 is 18.7 Å². The fourth-order valence-electron chi connectivity index (χ4n) is 4.07. The minimum absolute atomic E-state index is 0.0150. The number of aromatic hydroxyl groups is 1. The summed E-state index contributed by atoms with van der Waals surface area (Å²) in [4.78, 5) is 23.9. The average Bonchev–Trinajstić information content (AvgIpc) is 2.74. The van der Waals surface area contributed by atoms with Gasteiger partial charge in [0.1, 0.15) is 22.7 Å². The summed E-state index contributed by atoms with van der Waals surface area (Å²) in [5.41, 5.74) is 0.551. The van der Waals surface area contributed by atoms with E-state index in [1.54, 1.807) is 6.92 Å². The normalized spacial score (nSPS) is 13.2. The van der Waals surface area contributed by atoms with E-state index in [-0.39, 0.29) is 28.5 Å². The highest BCUT2D eigenvalue weighted by Crippen LogP contribution is 2.39. The summed E-state index contributed by atoms with van der Waals surface area (Å²) in [6, 6.07) is 5.74. The molecule has 3 heterocycles. The minimum atomic E-state index is -0.639. The van der Waals surface area contributed by atoms with Gasteiger partial charge in [0, 0.05) is 29.6 Å². The van der Waals surface area contributed by atoms with Crippen molar-refractivity contribution in [1.29, 1.82) is 0 Å². The highest BCUT2D eigenvalue weighted by molar-refractivity contribution is 6.03. The molecule has 5 rings (SSSR count). The second-order valence-corrected chi connectivity index (χ2v) is 7.60. The number of methoxy groups -OCH3 is 1. The summed E-state index contributed by atoms with van der Waals surface area (Å²) in [7, 11) is 1.45. The van der Waals surface area contributed by atoms with Gasteiger partial charge in [-0.2, -0.15) is 9.97 Å². The number of anilines is 1. The molecule has 0 radical (unpaired) electrons. The second-order valence-electron chi connectivity index (χ2n) is 7.60. The minimum Gasteiger partial charge on any atom is -0.508 e. The Balaban J connectivity index is 1.90. The molecule has 0 unspecified atom stereocenters. The Bertz CT molecular complexity index is 1520. The maximum absolute atomic E-state index is 14.5. The number of hydrogen-bond acceptors (Lipinski definition) is 7. The van der Waals surface area contributed by atoms with Crippen molar-refractivity contribution in [2.45, 2.75) is 13.3 Å². The molecule has 0 atom stereocenters.